The number of rotatable bonds is 5. The monoisotopic (exact) mass is 354 g/mol. The smallest absolute Gasteiger partial charge is 0.273 e. The zero-order valence-electron chi connectivity index (χ0n) is 12.7. The number of carbonyl (C=O) groups is 1. The van der Waals surface area contributed by atoms with Crippen LogP contribution in [0.5, 0.6) is 0 Å². The first kappa shape index (κ1) is 15.1. The van der Waals surface area contributed by atoms with Crippen molar-refractivity contribution >= 4 is 38.7 Å². The Morgan fingerprint density at radius 1 is 1.17 bits per heavy atom. The summed E-state index contributed by atoms with van der Waals surface area (Å²) in [5, 5.41) is 8.30. The third-order valence-electron chi connectivity index (χ3n) is 3.77. The van der Waals surface area contributed by atoms with Gasteiger partial charge in [0.2, 0.25) is 0 Å². The van der Waals surface area contributed by atoms with Crippen molar-refractivity contribution in [3.8, 4) is 10.6 Å². The van der Waals surface area contributed by atoms with Crippen LogP contribution in [0.2, 0.25) is 0 Å². The zero-order valence-corrected chi connectivity index (χ0v) is 14.3. The highest BCUT2D eigenvalue weighted by atomic mass is 32.1. The van der Waals surface area contributed by atoms with E-state index in [0.717, 1.165) is 11.3 Å². The van der Waals surface area contributed by atoms with Gasteiger partial charge in [0.25, 0.3) is 5.91 Å². The maximum absolute atomic E-state index is 12.4. The van der Waals surface area contributed by atoms with Gasteiger partial charge < -0.3 is 9.73 Å². The molecule has 0 fully saturated rings. The molecule has 0 saturated carbocycles. The summed E-state index contributed by atoms with van der Waals surface area (Å²) in [5.74, 6) is 0.329. The molecule has 4 aromatic rings. The molecule has 1 amide bonds. The van der Waals surface area contributed by atoms with E-state index in [0.29, 0.717) is 18.0 Å². The Kier molecular flexibility index (Phi) is 4.15. The maximum Gasteiger partial charge on any atom is 0.273 e. The Hall–Kier alpha value is -2.44. The van der Waals surface area contributed by atoms with Gasteiger partial charge in [0.05, 0.1) is 4.88 Å². The molecule has 6 heteroatoms. The summed E-state index contributed by atoms with van der Waals surface area (Å²) in [4.78, 5) is 17.4. The van der Waals surface area contributed by atoms with Gasteiger partial charge in [0.15, 0.2) is 17.8 Å². The molecule has 0 aliphatic heterocycles. The van der Waals surface area contributed by atoms with Crippen LogP contribution in [-0.2, 0) is 6.42 Å². The fourth-order valence-electron chi connectivity index (χ4n) is 2.61. The molecule has 4 rings (SSSR count). The number of nitrogens with zero attached hydrogens (tertiary/aromatic N) is 1. The minimum Gasteiger partial charge on any atom is -0.442 e. The van der Waals surface area contributed by atoms with Crippen LogP contribution in [0, 0.1) is 0 Å². The first-order valence-electron chi connectivity index (χ1n) is 7.53. The number of nitrogens with one attached hydrogen (secondary N) is 1. The fourth-order valence-corrected chi connectivity index (χ4v) is 4.32. The Morgan fingerprint density at radius 2 is 2.08 bits per heavy atom. The van der Waals surface area contributed by atoms with Crippen molar-refractivity contribution < 1.29 is 9.21 Å². The highest BCUT2D eigenvalue weighted by molar-refractivity contribution is 7.17. The number of hydrogen-bond acceptors (Lipinski definition) is 5. The average molecular weight is 354 g/mol. The van der Waals surface area contributed by atoms with Crippen LogP contribution in [0.4, 0.5) is 0 Å². The SMILES string of the molecule is O=C(NCCc1csc2ccccc12)c1ncoc1-c1cccs1. The number of amides is 1. The fraction of sp³-hybridized carbons (Fsp3) is 0.111. The van der Waals surface area contributed by atoms with E-state index in [1.807, 2.05) is 29.6 Å². The number of hydrogen-bond donors (Lipinski definition) is 1. The lowest BCUT2D eigenvalue weighted by atomic mass is 10.1. The molecule has 0 radical (unpaired) electrons. The van der Waals surface area contributed by atoms with Crippen molar-refractivity contribution in [1.82, 2.24) is 10.3 Å². The standard InChI is InChI=1S/C18H14N2O2S2/c21-18(16-17(22-11-20-16)15-6-3-9-23-15)19-8-7-12-10-24-14-5-2-1-4-13(12)14/h1-6,9-11H,7-8H2,(H,19,21). The van der Waals surface area contributed by atoms with Crippen LogP contribution in [0.3, 0.4) is 0 Å². The van der Waals surface area contributed by atoms with Gasteiger partial charge >= 0.3 is 0 Å². The van der Waals surface area contributed by atoms with Crippen LogP contribution < -0.4 is 5.32 Å². The summed E-state index contributed by atoms with van der Waals surface area (Å²) in [7, 11) is 0. The van der Waals surface area contributed by atoms with Crippen molar-refractivity contribution in [2.24, 2.45) is 0 Å². The van der Waals surface area contributed by atoms with E-state index in [2.05, 4.69) is 27.8 Å². The van der Waals surface area contributed by atoms with Gasteiger partial charge in [-0.1, -0.05) is 24.3 Å². The molecule has 0 saturated heterocycles. The number of thiophene rings is 2. The lowest BCUT2D eigenvalue weighted by Gasteiger charge is -2.04. The molecule has 24 heavy (non-hydrogen) atoms. The molecule has 3 aromatic heterocycles. The number of benzene rings is 1. The Balaban J connectivity index is 1.43. The molecule has 3 heterocycles. The quantitative estimate of drug-likeness (QED) is 0.570. The van der Waals surface area contributed by atoms with Crippen LogP contribution in [-0.4, -0.2) is 17.4 Å². The van der Waals surface area contributed by atoms with Gasteiger partial charge in [0.1, 0.15) is 0 Å². The molecule has 1 N–H and O–H groups in total. The van der Waals surface area contributed by atoms with Gasteiger partial charge in [-0.05, 0) is 40.3 Å². The highest BCUT2D eigenvalue weighted by Crippen LogP contribution is 2.28. The normalized spacial score (nSPS) is 11.0. The van der Waals surface area contributed by atoms with Crippen LogP contribution in [0.15, 0.2) is 58.0 Å². The van der Waals surface area contributed by atoms with Crippen molar-refractivity contribution in [2.45, 2.75) is 6.42 Å². The molecule has 120 valence electrons. The maximum atomic E-state index is 12.4. The van der Waals surface area contributed by atoms with E-state index in [9.17, 15) is 4.79 Å². The van der Waals surface area contributed by atoms with Crippen LogP contribution >= 0.6 is 22.7 Å². The molecule has 0 spiro atoms. The van der Waals surface area contributed by atoms with Crippen molar-refractivity contribution in [3.63, 3.8) is 0 Å². The predicted octanol–water partition coefficient (Wildman–Crippen LogP) is 4.59. The molecule has 4 nitrogen and oxygen atoms in total. The van der Waals surface area contributed by atoms with Gasteiger partial charge in [-0.15, -0.1) is 22.7 Å². The number of aromatic nitrogens is 1. The van der Waals surface area contributed by atoms with Gasteiger partial charge in [0, 0.05) is 11.2 Å². The first-order chi connectivity index (χ1) is 11.8. The molecule has 0 aliphatic carbocycles. The highest BCUT2D eigenvalue weighted by Gasteiger charge is 2.18. The topological polar surface area (TPSA) is 55.1 Å². The third-order valence-corrected chi connectivity index (χ3v) is 5.65. The Morgan fingerprint density at radius 3 is 2.96 bits per heavy atom. The number of carbonyl (C=O) groups excluding carboxylic acids is 1. The van der Waals surface area contributed by atoms with E-state index in [-0.39, 0.29) is 5.91 Å². The Labute approximate surface area is 146 Å². The predicted molar refractivity (Wildman–Crippen MR) is 97.7 cm³/mol. The molecule has 1 aromatic carbocycles. The van der Waals surface area contributed by atoms with E-state index >= 15 is 0 Å². The lowest BCUT2D eigenvalue weighted by molar-refractivity contribution is 0.0950. The molecular weight excluding hydrogens is 340 g/mol. The minimum absolute atomic E-state index is 0.202. The van der Waals surface area contributed by atoms with Crippen LogP contribution in [0.25, 0.3) is 20.7 Å². The van der Waals surface area contributed by atoms with Gasteiger partial charge in [-0.2, -0.15) is 0 Å². The van der Waals surface area contributed by atoms with E-state index in [1.165, 1.54) is 33.4 Å². The molecule has 0 bridgehead atoms. The van der Waals surface area contributed by atoms with Gasteiger partial charge in [-0.25, -0.2) is 4.98 Å². The summed E-state index contributed by atoms with van der Waals surface area (Å²) in [6, 6.07) is 12.2. The van der Waals surface area contributed by atoms with Crippen molar-refractivity contribution in [2.75, 3.05) is 6.54 Å². The van der Waals surface area contributed by atoms with E-state index < -0.39 is 0 Å². The summed E-state index contributed by atoms with van der Waals surface area (Å²) >= 11 is 3.26. The molecular formula is C18H14N2O2S2. The second-order valence-electron chi connectivity index (χ2n) is 5.27. The minimum atomic E-state index is -0.202. The van der Waals surface area contributed by atoms with Crippen molar-refractivity contribution in [1.29, 1.82) is 0 Å². The van der Waals surface area contributed by atoms with Gasteiger partial charge in [-0.3, -0.25) is 4.79 Å². The summed E-state index contributed by atoms with van der Waals surface area (Å²) in [6.07, 6.45) is 2.11. The number of oxazole rings is 1. The summed E-state index contributed by atoms with van der Waals surface area (Å²) in [6.45, 7) is 0.566. The lowest BCUT2D eigenvalue weighted by Crippen LogP contribution is -2.26. The van der Waals surface area contributed by atoms with E-state index in [4.69, 9.17) is 4.42 Å². The number of fused-ring (bicyclic) bond motifs is 1. The summed E-state index contributed by atoms with van der Waals surface area (Å²) < 4.78 is 6.65. The third kappa shape index (κ3) is 2.86. The zero-order chi connectivity index (χ0) is 16.4. The average Bonchev–Trinajstić information content (AvgIpc) is 3.34. The largest absolute Gasteiger partial charge is 0.442 e. The second-order valence-corrected chi connectivity index (χ2v) is 7.13. The van der Waals surface area contributed by atoms with Crippen LogP contribution in [0.1, 0.15) is 16.1 Å². The molecule has 0 aliphatic rings. The first-order valence-corrected chi connectivity index (χ1v) is 9.29. The molecule has 0 atom stereocenters. The molecule has 0 unspecified atom stereocenters. The van der Waals surface area contributed by atoms with Crippen molar-refractivity contribution in [3.05, 3.63) is 64.8 Å². The second kappa shape index (κ2) is 6.59. The summed E-state index contributed by atoms with van der Waals surface area (Å²) in [5.41, 5.74) is 1.60. The Bertz CT molecular complexity index is 970. The van der Waals surface area contributed by atoms with E-state index in [1.54, 1.807) is 11.3 Å².